The predicted octanol–water partition coefficient (Wildman–Crippen LogP) is 4.33. The summed E-state index contributed by atoms with van der Waals surface area (Å²) >= 11 is 0. The molecule has 6 heteroatoms. The van der Waals surface area contributed by atoms with Crippen molar-refractivity contribution in [2.45, 2.75) is 26.2 Å². The molecule has 2 aromatic carbocycles. The number of methoxy groups -OCH3 is 1. The molecule has 30 heavy (non-hydrogen) atoms. The average Bonchev–Trinajstić information content (AvgIpc) is 2.72. The highest BCUT2D eigenvalue weighted by Gasteiger charge is 2.20. The van der Waals surface area contributed by atoms with Crippen LogP contribution in [-0.4, -0.2) is 32.9 Å². The van der Waals surface area contributed by atoms with Gasteiger partial charge in [-0.3, -0.25) is 4.79 Å². The van der Waals surface area contributed by atoms with Crippen LogP contribution in [0.5, 0.6) is 5.75 Å². The minimum atomic E-state index is -0.589. The molecule has 0 spiro atoms. The Morgan fingerprint density at radius 2 is 1.70 bits per heavy atom. The van der Waals surface area contributed by atoms with Gasteiger partial charge in [-0.1, -0.05) is 57.2 Å². The van der Waals surface area contributed by atoms with E-state index in [2.05, 4.69) is 20.8 Å². The van der Waals surface area contributed by atoms with Crippen molar-refractivity contribution in [1.82, 2.24) is 0 Å². The average molecular weight is 410 g/mol. The molecule has 0 aliphatic heterocycles. The molecule has 0 amide bonds. The Kier molecular flexibility index (Phi) is 6.57. The second kappa shape index (κ2) is 9.13. The summed E-state index contributed by atoms with van der Waals surface area (Å²) in [5, 5.41) is 0.385. The van der Waals surface area contributed by atoms with Crippen LogP contribution in [-0.2, 0) is 19.7 Å². The third-order valence-corrected chi connectivity index (χ3v) is 4.65. The molecular weight excluding hydrogens is 384 g/mol. The van der Waals surface area contributed by atoms with Crippen molar-refractivity contribution in [1.29, 1.82) is 0 Å². The van der Waals surface area contributed by atoms with Gasteiger partial charge in [-0.05, 0) is 23.1 Å². The van der Waals surface area contributed by atoms with Crippen LogP contribution in [0.4, 0.5) is 0 Å². The molecule has 0 N–H and O–H groups in total. The van der Waals surface area contributed by atoms with E-state index in [9.17, 15) is 9.59 Å². The molecular formula is C24H26O6. The van der Waals surface area contributed by atoms with Crippen molar-refractivity contribution in [2.24, 2.45) is 0 Å². The van der Waals surface area contributed by atoms with Gasteiger partial charge in [-0.2, -0.15) is 0 Å². The first-order chi connectivity index (χ1) is 14.3. The summed E-state index contributed by atoms with van der Waals surface area (Å²) < 4.78 is 21.5. The topological polar surface area (TPSA) is 75.0 Å². The van der Waals surface area contributed by atoms with Crippen molar-refractivity contribution in [3.8, 4) is 17.1 Å². The number of carbonyl (C=O) groups excluding carboxylic acids is 1. The van der Waals surface area contributed by atoms with Gasteiger partial charge >= 0.3 is 5.97 Å². The number of ether oxygens (including phenoxy) is 3. The van der Waals surface area contributed by atoms with Crippen molar-refractivity contribution in [3.05, 3.63) is 64.3 Å². The number of benzene rings is 2. The highest BCUT2D eigenvalue weighted by Crippen LogP contribution is 2.32. The minimum absolute atomic E-state index is 0.00591. The molecule has 1 aromatic heterocycles. The molecule has 0 aliphatic carbocycles. The van der Waals surface area contributed by atoms with Crippen LogP contribution >= 0.6 is 0 Å². The summed E-state index contributed by atoms with van der Waals surface area (Å²) in [6.07, 6.45) is 0. The zero-order chi connectivity index (χ0) is 21.7. The third kappa shape index (κ3) is 4.89. The van der Waals surface area contributed by atoms with E-state index in [1.807, 2.05) is 24.3 Å². The highest BCUT2D eigenvalue weighted by molar-refractivity contribution is 5.82. The first-order valence-corrected chi connectivity index (χ1v) is 9.75. The van der Waals surface area contributed by atoms with E-state index >= 15 is 0 Å². The lowest BCUT2D eigenvalue weighted by Gasteiger charge is -2.19. The molecule has 0 saturated heterocycles. The van der Waals surface area contributed by atoms with Crippen molar-refractivity contribution in [2.75, 3.05) is 26.9 Å². The quantitative estimate of drug-likeness (QED) is 0.426. The Morgan fingerprint density at radius 3 is 2.37 bits per heavy atom. The molecule has 3 aromatic rings. The van der Waals surface area contributed by atoms with E-state index in [4.69, 9.17) is 18.6 Å². The van der Waals surface area contributed by atoms with E-state index < -0.39 is 12.6 Å². The van der Waals surface area contributed by atoms with Gasteiger partial charge in [0.05, 0.1) is 12.0 Å². The van der Waals surface area contributed by atoms with E-state index in [0.717, 1.165) is 5.56 Å². The summed E-state index contributed by atoms with van der Waals surface area (Å²) in [5.41, 5.74) is 1.95. The Morgan fingerprint density at radius 1 is 1.00 bits per heavy atom. The number of para-hydroxylation sites is 1. The number of hydrogen-bond acceptors (Lipinski definition) is 6. The van der Waals surface area contributed by atoms with Crippen LogP contribution in [0.2, 0.25) is 0 Å². The van der Waals surface area contributed by atoms with E-state index in [-0.39, 0.29) is 35.6 Å². The molecule has 0 saturated carbocycles. The standard InChI is InChI=1S/C24H26O6/c1-24(2,3)17-11-9-16(10-12-17)22-23(29-15-20(25)28-14-13-27-4)21(26)18-7-5-6-8-19(18)30-22/h5-12H,13-15H2,1-4H3. The summed E-state index contributed by atoms with van der Waals surface area (Å²) in [4.78, 5) is 25.0. The number of hydrogen-bond donors (Lipinski definition) is 0. The maximum Gasteiger partial charge on any atom is 0.344 e. The fraction of sp³-hybridized carbons (Fsp3) is 0.333. The SMILES string of the molecule is COCCOC(=O)COc1c(-c2ccc(C(C)(C)C)cc2)oc2ccccc2c1=O. The molecule has 158 valence electrons. The lowest BCUT2D eigenvalue weighted by Crippen LogP contribution is -2.20. The van der Waals surface area contributed by atoms with Gasteiger partial charge in [0.15, 0.2) is 12.4 Å². The van der Waals surface area contributed by atoms with Crippen LogP contribution in [0.15, 0.2) is 57.7 Å². The number of rotatable bonds is 7. The van der Waals surface area contributed by atoms with Crippen LogP contribution in [0, 0.1) is 0 Å². The third-order valence-electron chi connectivity index (χ3n) is 4.65. The number of esters is 1. The molecule has 0 radical (unpaired) electrons. The van der Waals surface area contributed by atoms with Crippen LogP contribution in [0.25, 0.3) is 22.3 Å². The molecule has 3 rings (SSSR count). The molecule has 0 fully saturated rings. The second-order valence-electron chi connectivity index (χ2n) is 7.91. The largest absolute Gasteiger partial charge is 0.474 e. The van der Waals surface area contributed by atoms with Gasteiger partial charge in [0.1, 0.15) is 12.2 Å². The Balaban J connectivity index is 1.99. The predicted molar refractivity (Wildman–Crippen MR) is 115 cm³/mol. The number of fused-ring (bicyclic) bond motifs is 1. The molecule has 0 aliphatic rings. The maximum atomic E-state index is 13.1. The van der Waals surface area contributed by atoms with Gasteiger partial charge in [-0.25, -0.2) is 4.79 Å². The summed E-state index contributed by atoms with van der Waals surface area (Å²) in [5.74, 6) is -0.321. The Hall–Kier alpha value is -3.12. The first kappa shape index (κ1) is 21.6. The zero-order valence-electron chi connectivity index (χ0n) is 17.7. The highest BCUT2D eigenvalue weighted by atomic mass is 16.6. The van der Waals surface area contributed by atoms with Crippen LogP contribution in [0.3, 0.4) is 0 Å². The Bertz CT molecular complexity index is 1070. The first-order valence-electron chi connectivity index (χ1n) is 9.75. The fourth-order valence-corrected chi connectivity index (χ4v) is 2.98. The van der Waals surface area contributed by atoms with Gasteiger partial charge < -0.3 is 18.6 Å². The molecule has 1 heterocycles. The van der Waals surface area contributed by atoms with E-state index in [1.165, 1.54) is 7.11 Å². The molecule has 0 bridgehead atoms. The van der Waals surface area contributed by atoms with Crippen LogP contribution in [0.1, 0.15) is 26.3 Å². The van der Waals surface area contributed by atoms with Gasteiger partial charge in [0.2, 0.25) is 11.2 Å². The number of carbonyl (C=O) groups is 1. The lowest BCUT2D eigenvalue weighted by molar-refractivity contribution is -0.147. The fourth-order valence-electron chi connectivity index (χ4n) is 2.98. The van der Waals surface area contributed by atoms with Crippen molar-refractivity contribution in [3.63, 3.8) is 0 Å². The van der Waals surface area contributed by atoms with Crippen molar-refractivity contribution >= 4 is 16.9 Å². The van der Waals surface area contributed by atoms with E-state index in [0.29, 0.717) is 16.5 Å². The van der Waals surface area contributed by atoms with Gasteiger partial charge in [0.25, 0.3) is 0 Å². The van der Waals surface area contributed by atoms with Crippen LogP contribution < -0.4 is 10.2 Å². The smallest absolute Gasteiger partial charge is 0.344 e. The normalized spacial score (nSPS) is 11.5. The molecule has 0 unspecified atom stereocenters. The van der Waals surface area contributed by atoms with E-state index in [1.54, 1.807) is 24.3 Å². The minimum Gasteiger partial charge on any atom is -0.474 e. The summed E-state index contributed by atoms with van der Waals surface area (Å²) in [6, 6.07) is 14.7. The summed E-state index contributed by atoms with van der Waals surface area (Å²) in [6.45, 7) is 6.38. The Labute approximate surface area is 175 Å². The molecule has 6 nitrogen and oxygen atoms in total. The second-order valence-corrected chi connectivity index (χ2v) is 7.91. The summed E-state index contributed by atoms with van der Waals surface area (Å²) in [7, 11) is 1.52. The van der Waals surface area contributed by atoms with Gasteiger partial charge in [0, 0.05) is 12.7 Å². The monoisotopic (exact) mass is 410 g/mol. The zero-order valence-corrected chi connectivity index (χ0v) is 17.7. The van der Waals surface area contributed by atoms with Gasteiger partial charge in [-0.15, -0.1) is 0 Å². The van der Waals surface area contributed by atoms with Crippen molar-refractivity contribution < 1.29 is 23.4 Å². The molecule has 0 atom stereocenters. The maximum absolute atomic E-state index is 13.1. The lowest BCUT2D eigenvalue weighted by atomic mass is 9.86.